The lowest BCUT2D eigenvalue weighted by Crippen LogP contribution is -2.23. The quantitative estimate of drug-likeness (QED) is 0.630. The number of aromatic nitrogens is 3. The summed E-state index contributed by atoms with van der Waals surface area (Å²) in [6.45, 7) is 0.230. The van der Waals surface area contributed by atoms with Crippen LogP contribution < -0.4 is 10.9 Å². The number of nitrogens with one attached hydrogen (secondary N) is 1. The number of halogens is 4. The van der Waals surface area contributed by atoms with E-state index in [4.69, 9.17) is 11.6 Å². The van der Waals surface area contributed by atoms with Gasteiger partial charge in [-0.25, -0.2) is 13.4 Å². The second-order valence-corrected chi connectivity index (χ2v) is 8.66. The van der Waals surface area contributed by atoms with Crippen molar-refractivity contribution in [3.8, 4) is 5.82 Å². The highest BCUT2D eigenvalue weighted by Gasteiger charge is 2.30. The van der Waals surface area contributed by atoms with Crippen molar-refractivity contribution in [2.75, 3.05) is 11.6 Å². The topological polar surface area (TPSA) is 93.9 Å². The average Bonchev–Trinajstić information content (AvgIpc) is 2.68. The molecule has 0 saturated heterocycles. The molecule has 0 amide bonds. The fourth-order valence-corrected chi connectivity index (χ4v) is 3.28. The van der Waals surface area contributed by atoms with Crippen LogP contribution in [-0.4, -0.2) is 29.4 Å². The first-order chi connectivity index (χ1) is 14.0. The molecule has 158 valence electrons. The summed E-state index contributed by atoms with van der Waals surface area (Å²) in [7, 11) is -3.31. The molecular weight excluding hydrogens is 445 g/mol. The highest BCUT2D eigenvalue weighted by molar-refractivity contribution is 7.90. The van der Waals surface area contributed by atoms with Crippen LogP contribution in [0.4, 0.5) is 18.9 Å². The number of benzene rings is 1. The van der Waals surface area contributed by atoms with Gasteiger partial charge < -0.3 is 5.32 Å². The molecule has 0 fully saturated rings. The van der Waals surface area contributed by atoms with Crippen molar-refractivity contribution in [2.24, 2.45) is 0 Å². The normalized spacial score (nSPS) is 12.0. The number of nitrogens with zero attached hydrogens (tertiary/aromatic N) is 3. The summed E-state index contributed by atoms with van der Waals surface area (Å²) in [5.41, 5.74) is -0.781. The maximum atomic E-state index is 12.6. The molecule has 1 aromatic carbocycles. The zero-order valence-electron chi connectivity index (χ0n) is 15.3. The number of hydrogen-bond acceptors (Lipinski definition) is 6. The first kappa shape index (κ1) is 21.8. The molecule has 0 aliphatic rings. The number of alkyl halides is 3. The van der Waals surface area contributed by atoms with E-state index < -0.39 is 27.1 Å². The maximum absolute atomic E-state index is 12.6. The van der Waals surface area contributed by atoms with E-state index in [0.29, 0.717) is 6.20 Å². The lowest BCUT2D eigenvalue weighted by molar-refractivity contribution is -0.137. The first-order valence-electron chi connectivity index (χ1n) is 8.31. The van der Waals surface area contributed by atoms with Gasteiger partial charge >= 0.3 is 6.18 Å². The summed E-state index contributed by atoms with van der Waals surface area (Å²) in [6.07, 6.45) is -1.60. The van der Waals surface area contributed by atoms with Crippen molar-refractivity contribution in [1.82, 2.24) is 14.8 Å². The minimum Gasteiger partial charge on any atom is -0.378 e. The van der Waals surface area contributed by atoms with Crippen molar-refractivity contribution in [3.63, 3.8) is 0 Å². The molecule has 3 aromatic rings. The fraction of sp³-hybridized carbons (Fsp3) is 0.167. The molecule has 0 spiro atoms. The molecule has 7 nitrogen and oxygen atoms in total. The third-order valence-electron chi connectivity index (χ3n) is 4.05. The first-order valence-corrected chi connectivity index (χ1v) is 10.6. The van der Waals surface area contributed by atoms with Crippen LogP contribution in [0.2, 0.25) is 5.02 Å². The van der Waals surface area contributed by atoms with Gasteiger partial charge in [0.15, 0.2) is 15.7 Å². The Morgan fingerprint density at radius 3 is 2.30 bits per heavy atom. The van der Waals surface area contributed by atoms with Crippen LogP contribution in [0.5, 0.6) is 0 Å². The summed E-state index contributed by atoms with van der Waals surface area (Å²) in [5, 5.41) is 6.58. The van der Waals surface area contributed by atoms with E-state index in [9.17, 15) is 26.4 Å². The number of hydrogen-bond donors (Lipinski definition) is 1. The molecule has 12 heteroatoms. The Bertz CT molecular complexity index is 1230. The van der Waals surface area contributed by atoms with E-state index in [-0.39, 0.29) is 28.0 Å². The fourth-order valence-electron chi connectivity index (χ4n) is 2.45. The third-order valence-corrected chi connectivity index (χ3v) is 5.54. The summed E-state index contributed by atoms with van der Waals surface area (Å²) < 4.78 is 61.7. The number of rotatable bonds is 5. The van der Waals surface area contributed by atoms with Gasteiger partial charge in [0.25, 0.3) is 5.56 Å². The van der Waals surface area contributed by atoms with E-state index in [1.54, 1.807) is 12.1 Å². The van der Waals surface area contributed by atoms with E-state index in [2.05, 4.69) is 15.4 Å². The van der Waals surface area contributed by atoms with E-state index >= 15 is 0 Å². The molecule has 0 saturated carbocycles. The highest BCUT2D eigenvalue weighted by Crippen LogP contribution is 2.28. The molecule has 0 aliphatic heterocycles. The zero-order valence-corrected chi connectivity index (χ0v) is 16.9. The summed E-state index contributed by atoms with van der Waals surface area (Å²) in [6, 6.07) is 7.94. The summed E-state index contributed by atoms with van der Waals surface area (Å²) in [4.78, 5) is 16.2. The van der Waals surface area contributed by atoms with Crippen molar-refractivity contribution in [1.29, 1.82) is 0 Å². The van der Waals surface area contributed by atoms with Crippen molar-refractivity contribution in [2.45, 2.75) is 17.6 Å². The van der Waals surface area contributed by atoms with Gasteiger partial charge in [-0.05, 0) is 29.8 Å². The van der Waals surface area contributed by atoms with Gasteiger partial charge in [0.05, 0.1) is 22.3 Å². The van der Waals surface area contributed by atoms with Crippen molar-refractivity contribution < 1.29 is 21.6 Å². The van der Waals surface area contributed by atoms with Gasteiger partial charge in [0.1, 0.15) is 5.02 Å². The molecule has 0 aliphatic carbocycles. The van der Waals surface area contributed by atoms with Gasteiger partial charge in [-0.3, -0.25) is 4.79 Å². The molecule has 0 atom stereocenters. The Hall–Kier alpha value is -2.92. The van der Waals surface area contributed by atoms with E-state index in [0.717, 1.165) is 28.6 Å². The van der Waals surface area contributed by atoms with Gasteiger partial charge in [-0.15, -0.1) is 0 Å². The Morgan fingerprint density at radius 1 is 1.10 bits per heavy atom. The van der Waals surface area contributed by atoms with E-state index in [1.165, 1.54) is 18.3 Å². The molecule has 0 bridgehead atoms. The summed E-state index contributed by atoms with van der Waals surface area (Å²) in [5.74, 6) is -0.113. The van der Waals surface area contributed by atoms with Crippen LogP contribution in [0.25, 0.3) is 5.82 Å². The minimum atomic E-state index is -4.55. The molecule has 30 heavy (non-hydrogen) atoms. The lowest BCUT2D eigenvalue weighted by atomic mass is 10.2. The average molecular weight is 459 g/mol. The van der Waals surface area contributed by atoms with E-state index in [1.807, 2.05) is 0 Å². The predicted molar refractivity (Wildman–Crippen MR) is 105 cm³/mol. The molecule has 0 unspecified atom stereocenters. The van der Waals surface area contributed by atoms with Gasteiger partial charge in [-0.1, -0.05) is 23.7 Å². The molecule has 1 N–H and O–H groups in total. The molecule has 2 heterocycles. The van der Waals surface area contributed by atoms with Gasteiger partial charge in [0, 0.05) is 19.0 Å². The highest BCUT2D eigenvalue weighted by atomic mass is 35.5. The Kier molecular flexibility index (Phi) is 5.86. The van der Waals surface area contributed by atoms with Crippen LogP contribution in [-0.2, 0) is 22.6 Å². The smallest absolute Gasteiger partial charge is 0.378 e. The standard InChI is InChI=1S/C18H14ClF3N4O3S/c1-30(28,29)13-5-2-11(3-6-13)8-23-14-10-25-26(17(27)16(14)19)15-7-4-12(9-24-15)18(20,21)22/h2-7,9-10,23H,8H2,1H3. The Labute approximate surface area is 174 Å². The third kappa shape index (κ3) is 4.79. The predicted octanol–water partition coefficient (Wildman–Crippen LogP) is 3.32. The van der Waals surface area contributed by atoms with Crippen LogP contribution in [0, 0.1) is 0 Å². The van der Waals surface area contributed by atoms with Crippen molar-refractivity contribution in [3.05, 3.63) is 75.3 Å². The van der Waals surface area contributed by atoms with Crippen LogP contribution in [0.3, 0.4) is 0 Å². The number of anilines is 1. The number of pyridine rings is 1. The minimum absolute atomic E-state index is 0.113. The molecule has 3 rings (SSSR count). The van der Waals surface area contributed by atoms with Gasteiger partial charge in [0.2, 0.25) is 0 Å². The molecule has 0 radical (unpaired) electrons. The zero-order chi connectivity index (χ0) is 22.1. The maximum Gasteiger partial charge on any atom is 0.417 e. The van der Waals surface area contributed by atoms with Gasteiger partial charge in [-0.2, -0.15) is 23.0 Å². The number of sulfone groups is 1. The largest absolute Gasteiger partial charge is 0.417 e. The SMILES string of the molecule is CS(=O)(=O)c1ccc(CNc2cnn(-c3ccc(C(F)(F)F)cn3)c(=O)c2Cl)cc1. The Balaban J connectivity index is 1.79. The second-order valence-electron chi connectivity index (χ2n) is 6.26. The lowest BCUT2D eigenvalue weighted by Gasteiger charge is -2.11. The van der Waals surface area contributed by atoms with Crippen LogP contribution in [0.15, 0.2) is 58.5 Å². The monoisotopic (exact) mass is 458 g/mol. The van der Waals surface area contributed by atoms with Crippen LogP contribution >= 0.6 is 11.6 Å². The summed E-state index contributed by atoms with van der Waals surface area (Å²) >= 11 is 6.08. The second kappa shape index (κ2) is 8.07. The van der Waals surface area contributed by atoms with Crippen molar-refractivity contribution >= 4 is 27.1 Å². The van der Waals surface area contributed by atoms with Crippen LogP contribution in [0.1, 0.15) is 11.1 Å². The molecular formula is C18H14ClF3N4O3S. The molecule has 2 aromatic heterocycles. The Morgan fingerprint density at radius 2 is 1.77 bits per heavy atom.